The first-order chi connectivity index (χ1) is 12.2. The number of likely N-dealkylation sites (tertiary alicyclic amines) is 1. The van der Waals surface area contributed by atoms with Crippen LogP contribution in [0.4, 0.5) is 0 Å². The van der Waals surface area contributed by atoms with Gasteiger partial charge in [-0.1, -0.05) is 0 Å². The van der Waals surface area contributed by atoms with Crippen molar-refractivity contribution in [3.05, 3.63) is 48.0 Å². The molecule has 0 radical (unpaired) electrons. The zero-order valence-electron chi connectivity index (χ0n) is 14.4. The van der Waals surface area contributed by atoms with Gasteiger partial charge in [0.2, 0.25) is 0 Å². The Labute approximate surface area is 147 Å². The molecule has 25 heavy (non-hydrogen) atoms. The summed E-state index contributed by atoms with van der Waals surface area (Å²) in [6.45, 7) is 3.90. The van der Waals surface area contributed by atoms with Gasteiger partial charge in [-0.15, -0.1) is 0 Å². The van der Waals surface area contributed by atoms with Crippen LogP contribution in [-0.4, -0.2) is 68.9 Å². The van der Waals surface area contributed by atoms with E-state index in [1.807, 2.05) is 28.9 Å². The van der Waals surface area contributed by atoms with E-state index in [1.54, 1.807) is 24.5 Å². The molecule has 2 saturated heterocycles. The van der Waals surface area contributed by atoms with Gasteiger partial charge in [-0.3, -0.25) is 19.4 Å². The molecule has 2 aliphatic heterocycles. The standard InChI is InChI=1S/C18H23N5O2/c1-21-15(4-8-20-21)12-22-9-5-17-16(13-22)23(10-11-25-17)18(24)14-2-6-19-7-3-14/h2-4,6-8,16-17H,5,9-13H2,1H3/t16-,17-/m1/s1. The number of hydrogen-bond donors (Lipinski definition) is 0. The van der Waals surface area contributed by atoms with Crippen molar-refractivity contribution >= 4 is 5.91 Å². The van der Waals surface area contributed by atoms with E-state index in [2.05, 4.69) is 15.0 Å². The molecule has 4 heterocycles. The number of carbonyl (C=O) groups excluding carboxylic acids is 1. The second-order valence-corrected chi connectivity index (χ2v) is 6.68. The van der Waals surface area contributed by atoms with E-state index in [0.29, 0.717) is 18.7 Å². The van der Waals surface area contributed by atoms with Crippen molar-refractivity contribution in [3.63, 3.8) is 0 Å². The number of fused-ring (bicyclic) bond motifs is 1. The fourth-order valence-electron chi connectivity index (χ4n) is 3.78. The summed E-state index contributed by atoms with van der Waals surface area (Å²) in [7, 11) is 1.96. The molecule has 132 valence electrons. The van der Waals surface area contributed by atoms with Gasteiger partial charge in [0.25, 0.3) is 5.91 Å². The van der Waals surface area contributed by atoms with Crippen LogP contribution in [-0.2, 0) is 18.3 Å². The number of ether oxygens (including phenoxy) is 1. The summed E-state index contributed by atoms with van der Waals surface area (Å²) < 4.78 is 7.86. The molecule has 0 unspecified atom stereocenters. The van der Waals surface area contributed by atoms with Crippen molar-refractivity contribution in [2.75, 3.05) is 26.2 Å². The van der Waals surface area contributed by atoms with Gasteiger partial charge in [-0.2, -0.15) is 5.10 Å². The Kier molecular flexibility index (Phi) is 4.50. The number of morpholine rings is 1. The maximum Gasteiger partial charge on any atom is 0.254 e. The molecular formula is C18H23N5O2. The lowest BCUT2D eigenvalue weighted by molar-refractivity contribution is -0.0916. The van der Waals surface area contributed by atoms with Gasteiger partial charge in [0, 0.05) is 57.4 Å². The van der Waals surface area contributed by atoms with E-state index < -0.39 is 0 Å². The third-order valence-electron chi connectivity index (χ3n) is 5.16. The number of aryl methyl sites for hydroxylation is 1. The maximum absolute atomic E-state index is 12.9. The first kappa shape index (κ1) is 16.2. The Hall–Kier alpha value is -2.25. The molecule has 1 amide bonds. The molecule has 2 aromatic rings. The summed E-state index contributed by atoms with van der Waals surface area (Å²) in [5.74, 6) is 0.0723. The van der Waals surface area contributed by atoms with Gasteiger partial charge in [-0.25, -0.2) is 0 Å². The Morgan fingerprint density at radius 2 is 2.08 bits per heavy atom. The highest BCUT2D eigenvalue weighted by atomic mass is 16.5. The van der Waals surface area contributed by atoms with Gasteiger partial charge >= 0.3 is 0 Å². The first-order valence-electron chi connectivity index (χ1n) is 8.74. The highest BCUT2D eigenvalue weighted by Gasteiger charge is 2.39. The molecular weight excluding hydrogens is 318 g/mol. The number of piperidine rings is 1. The molecule has 0 saturated carbocycles. The zero-order chi connectivity index (χ0) is 17.2. The number of carbonyl (C=O) groups is 1. The largest absolute Gasteiger partial charge is 0.374 e. The van der Waals surface area contributed by atoms with Gasteiger partial charge in [0.15, 0.2) is 0 Å². The normalized spacial score (nSPS) is 24.1. The number of rotatable bonds is 3. The number of aromatic nitrogens is 3. The van der Waals surface area contributed by atoms with Gasteiger partial charge < -0.3 is 9.64 Å². The van der Waals surface area contributed by atoms with E-state index in [1.165, 1.54) is 5.69 Å². The highest BCUT2D eigenvalue weighted by Crippen LogP contribution is 2.25. The third-order valence-corrected chi connectivity index (χ3v) is 5.16. The maximum atomic E-state index is 12.9. The number of pyridine rings is 1. The summed E-state index contributed by atoms with van der Waals surface area (Å²) >= 11 is 0. The van der Waals surface area contributed by atoms with Crippen LogP contribution >= 0.6 is 0 Å². The average Bonchev–Trinajstić information content (AvgIpc) is 3.06. The van der Waals surface area contributed by atoms with Crippen LogP contribution in [0, 0.1) is 0 Å². The van der Waals surface area contributed by atoms with Crippen LogP contribution in [0.5, 0.6) is 0 Å². The zero-order valence-corrected chi connectivity index (χ0v) is 14.4. The van der Waals surface area contributed by atoms with Crippen LogP contribution in [0.25, 0.3) is 0 Å². The quantitative estimate of drug-likeness (QED) is 0.831. The van der Waals surface area contributed by atoms with Crippen LogP contribution in [0.1, 0.15) is 22.5 Å². The molecule has 0 spiro atoms. The Balaban J connectivity index is 1.50. The molecule has 4 rings (SSSR count). The molecule has 0 aromatic carbocycles. The fraction of sp³-hybridized carbons (Fsp3) is 0.500. The smallest absolute Gasteiger partial charge is 0.254 e. The Bertz CT molecular complexity index is 732. The third kappa shape index (κ3) is 3.29. The van der Waals surface area contributed by atoms with Crippen molar-refractivity contribution in [3.8, 4) is 0 Å². The molecule has 2 aliphatic rings. The monoisotopic (exact) mass is 341 g/mol. The second-order valence-electron chi connectivity index (χ2n) is 6.68. The van der Waals surface area contributed by atoms with Gasteiger partial charge in [-0.05, 0) is 24.6 Å². The summed E-state index contributed by atoms with van der Waals surface area (Å²) in [6.07, 6.45) is 6.23. The minimum atomic E-state index is 0.0723. The molecule has 2 aromatic heterocycles. The molecule has 7 nitrogen and oxygen atoms in total. The second kappa shape index (κ2) is 6.93. The molecule has 0 aliphatic carbocycles. The van der Waals surface area contributed by atoms with Crippen LogP contribution in [0.2, 0.25) is 0 Å². The number of nitrogens with zero attached hydrogens (tertiary/aromatic N) is 5. The van der Waals surface area contributed by atoms with Crippen molar-refractivity contribution in [1.82, 2.24) is 24.6 Å². The van der Waals surface area contributed by atoms with E-state index in [0.717, 1.165) is 26.1 Å². The van der Waals surface area contributed by atoms with E-state index >= 15 is 0 Å². The Morgan fingerprint density at radius 1 is 1.24 bits per heavy atom. The average molecular weight is 341 g/mol. The number of hydrogen-bond acceptors (Lipinski definition) is 5. The van der Waals surface area contributed by atoms with Gasteiger partial charge in [0.1, 0.15) is 0 Å². The van der Waals surface area contributed by atoms with Crippen molar-refractivity contribution in [2.45, 2.75) is 25.1 Å². The summed E-state index contributed by atoms with van der Waals surface area (Å²) in [5.41, 5.74) is 1.88. The van der Waals surface area contributed by atoms with Crippen LogP contribution in [0.15, 0.2) is 36.8 Å². The minimum absolute atomic E-state index is 0.0723. The Morgan fingerprint density at radius 3 is 2.84 bits per heavy atom. The fourth-order valence-corrected chi connectivity index (χ4v) is 3.78. The molecule has 2 atom stereocenters. The van der Waals surface area contributed by atoms with E-state index in [9.17, 15) is 4.79 Å². The molecule has 2 fully saturated rings. The predicted molar refractivity (Wildman–Crippen MR) is 91.9 cm³/mol. The van der Waals surface area contributed by atoms with Crippen LogP contribution < -0.4 is 0 Å². The van der Waals surface area contributed by atoms with Crippen LogP contribution in [0.3, 0.4) is 0 Å². The van der Waals surface area contributed by atoms with Gasteiger partial charge in [0.05, 0.1) is 24.4 Å². The predicted octanol–water partition coefficient (Wildman–Crippen LogP) is 0.931. The van der Waals surface area contributed by atoms with Crippen molar-refractivity contribution < 1.29 is 9.53 Å². The molecule has 0 bridgehead atoms. The topological polar surface area (TPSA) is 63.5 Å². The van der Waals surface area contributed by atoms with E-state index in [4.69, 9.17) is 4.74 Å². The van der Waals surface area contributed by atoms with Crippen molar-refractivity contribution in [1.29, 1.82) is 0 Å². The van der Waals surface area contributed by atoms with E-state index in [-0.39, 0.29) is 18.1 Å². The summed E-state index contributed by atoms with van der Waals surface area (Å²) in [5, 5.41) is 4.24. The highest BCUT2D eigenvalue weighted by molar-refractivity contribution is 5.94. The first-order valence-corrected chi connectivity index (χ1v) is 8.74. The number of amides is 1. The minimum Gasteiger partial charge on any atom is -0.374 e. The summed E-state index contributed by atoms with van der Waals surface area (Å²) in [4.78, 5) is 21.3. The lowest BCUT2D eigenvalue weighted by atomic mass is 9.97. The lowest BCUT2D eigenvalue weighted by Gasteiger charge is -2.47. The van der Waals surface area contributed by atoms with Crippen molar-refractivity contribution in [2.24, 2.45) is 7.05 Å². The lowest BCUT2D eigenvalue weighted by Crippen LogP contribution is -2.61. The molecule has 7 heteroatoms. The summed E-state index contributed by atoms with van der Waals surface area (Å²) in [6, 6.07) is 5.70. The molecule has 0 N–H and O–H groups in total. The SMILES string of the molecule is Cn1nccc1CN1CC[C@H]2OCCN(C(=O)c3ccncc3)[C@@H]2C1.